The third kappa shape index (κ3) is 7.59. The predicted octanol–water partition coefficient (Wildman–Crippen LogP) is 7.99. The lowest BCUT2D eigenvalue weighted by molar-refractivity contribution is -0.147. The second kappa shape index (κ2) is 13.1. The average Bonchev–Trinajstić information content (AvgIpc) is 3.35. The Labute approximate surface area is 235 Å². The second-order valence-electron chi connectivity index (χ2n) is 10.5. The zero-order valence-electron chi connectivity index (χ0n) is 23.5. The molecule has 0 fully saturated rings. The van der Waals surface area contributed by atoms with Crippen molar-refractivity contribution in [1.29, 1.82) is 0 Å². The molecule has 3 aromatic carbocycles. The minimum Gasteiger partial charge on any atom is -0.484 e. The maximum atomic E-state index is 11.4. The summed E-state index contributed by atoms with van der Waals surface area (Å²) in [4.78, 5) is 21.8. The molecule has 1 atom stereocenters. The summed E-state index contributed by atoms with van der Waals surface area (Å²) in [6.45, 7) is 7.64. The van der Waals surface area contributed by atoms with Crippen LogP contribution in [-0.2, 0) is 16.2 Å². The normalized spacial score (nSPS) is 12.7. The van der Waals surface area contributed by atoms with Gasteiger partial charge in [0.05, 0.1) is 11.1 Å². The molecule has 4 aromatic rings. The summed E-state index contributed by atoms with van der Waals surface area (Å²) in [6.07, 6.45) is 1.58. The van der Waals surface area contributed by atoms with E-state index < -0.39 is 11.4 Å². The van der Waals surface area contributed by atoms with Crippen molar-refractivity contribution in [2.24, 2.45) is 10.6 Å². The molecule has 0 aliphatic carbocycles. The fourth-order valence-corrected chi connectivity index (χ4v) is 4.28. The molecule has 0 aliphatic rings. The summed E-state index contributed by atoms with van der Waals surface area (Å²) in [5, 5.41) is 13.8. The van der Waals surface area contributed by atoms with E-state index in [1.807, 2.05) is 98.8 Å². The van der Waals surface area contributed by atoms with Crippen LogP contribution in [0.25, 0.3) is 11.5 Å². The van der Waals surface area contributed by atoms with E-state index in [1.165, 1.54) is 0 Å². The van der Waals surface area contributed by atoms with Crippen molar-refractivity contribution in [2.45, 2.75) is 59.7 Å². The molecule has 208 valence electrons. The Balaban J connectivity index is 1.35. The van der Waals surface area contributed by atoms with Crippen LogP contribution in [0.15, 0.2) is 94.5 Å². The molecular formula is C33H36N2O5. The number of ether oxygens (including phenoxy) is 1. The Bertz CT molecular complexity index is 1410. The van der Waals surface area contributed by atoms with Gasteiger partial charge in [-0.1, -0.05) is 65.8 Å². The van der Waals surface area contributed by atoms with E-state index in [2.05, 4.69) is 10.1 Å². The van der Waals surface area contributed by atoms with Crippen LogP contribution in [0.5, 0.6) is 5.75 Å². The van der Waals surface area contributed by atoms with E-state index >= 15 is 0 Å². The molecule has 0 aliphatic heterocycles. The number of benzene rings is 3. The Morgan fingerprint density at radius 3 is 2.30 bits per heavy atom. The SMILES string of the molecule is Cc1oc(-c2ccccc2)nc1C(C)Oc1ccc(CO/N=C(\CCCC(C)(C)C(=O)O)c2ccccc2)cc1. The van der Waals surface area contributed by atoms with Crippen LogP contribution < -0.4 is 4.74 Å². The molecule has 7 heteroatoms. The number of aliphatic carboxylic acids is 1. The molecule has 4 rings (SSSR count). The van der Waals surface area contributed by atoms with Crippen molar-refractivity contribution in [3.05, 3.63) is 108 Å². The van der Waals surface area contributed by atoms with Gasteiger partial charge in [0.1, 0.15) is 29.9 Å². The van der Waals surface area contributed by atoms with E-state index in [4.69, 9.17) is 14.0 Å². The van der Waals surface area contributed by atoms with Gasteiger partial charge >= 0.3 is 5.97 Å². The van der Waals surface area contributed by atoms with Gasteiger partial charge in [-0.05, 0) is 82.3 Å². The van der Waals surface area contributed by atoms with Gasteiger partial charge in [0.2, 0.25) is 5.89 Å². The summed E-state index contributed by atoms with van der Waals surface area (Å²) in [5.41, 5.74) is 3.63. The number of carboxylic acids is 1. The van der Waals surface area contributed by atoms with Gasteiger partial charge in [-0.25, -0.2) is 4.98 Å². The number of carboxylic acid groups (broad SMARTS) is 1. The summed E-state index contributed by atoms with van der Waals surface area (Å²) in [6, 6.07) is 27.3. The Hall–Kier alpha value is -4.39. The first-order valence-corrected chi connectivity index (χ1v) is 13.5. The van der Waals surface area contributed by atoms with Gasteiger partial charge in [0, 0.05) is 5.56 Å². The fourth-order valence-electron chi connectivity index (χ4n) is 4.28. The molecule has 0 saturated carbocycles. The maximum absolute atomic E-state index is 11.4. The molecule has 40 heavy (non-hydrogen) atoms. The van der Waals surface area contributed by atoms with Crippen LogP contribution in [0, 0.1) is 12.3 Å². The lowest BCUT2D eigenvalue weighted by Gasteiger charge is -2.18. The van der Waals surface area contributed by atoms with Crippen molar-refractivity contribution in [2.75, 3.05) is 0 Å². The van der Waals surface area contributed by atoms with Crippen LogP contribution in [0.1, 0.15) is 68.7 Å². The molecule has 0 radical (unpaired) electrons. The molecule has 7 nitrogen and oxygen atoms in total. The number of oxazole rings is 1. The Kier molecular flexibility index (Phi) is 9.38. The van der Waals surface area contributed by atoms with E-state index in [0.717, 1.165) is 39.6 Å². The molecule has 0 saturated heterocycles. The number of rotatable bonds is 13. The fraction of sp³-hybridized carbons (Fsp3) is 0.303. The summed E-state index contributed by atoms with van der Waals surface area (Å²) >= 11 is 0. The molecule has 1 aromatic heterocycles. The van der Waals surface area contributed by atoms with Crippen molar-refractivity contribution in [3.63, 3.8) is 0 Å². The maximum Gasteiger partial charge on any atom is 0.309 e. The summed E-state index contributed by atoms with van der Waals surface area (Å²) in [5.74, 6) is 1.23. The van der Waals surface area contributed by atoms with Crippen molar-refractivity contribution >= 4 is 11.7 Å². The quantitative estimate of drug-likeness (QED) is 0.136. The average molecular weight is 541 g/mol. The standard InChI is InChI=1S/C33H36N2O5/c1-23(30-24(2)40-31(34-30)27-14-9-6-10-15-27)39-28-19-17-25(18-20-28)22-38-35-29(26-12-7-5-8-13-26)16-11-21-33(3,4)32(36)37/h5-10,12-15,17-20,23H,11,16,21-22H2,1-4H3,(H,36,37)/b35-29+. The number of aromatic nitrogens is 1. The largest absolute Gasteiger partial charge is 0.484 e. The molecule has 1 unspecified atom stereocenters. The van der Waals surface area contributed by atoms with Gasteiger partial charge in [0.15, 0.2) is 0 Å². The highest BCUT2D eigenvalue weighted by Crippen LogP contribution is 2.28. The third-order valence-corrected chi connectivity index (χ3v) is 6.78. The van der Waals surface area contributed by atoms with Gasteiger partial charge in [-0.3, -0.25) is 4.79 Å². The Morgan fingerprint density at radius 2 is 1.65 bits per heavy atom. The van der Waals surface area contributed by atoms with E-state index in [9.17, 15) is 9.90 Å². The van der Waals surface area contributed by atoms with Crippen LogP contribution in [0.4, 0.5) is 0 Å². The second-order valence-corrected chi connectivity index (χ2v) is 10.5. The molecule has 0 bridgehead atoms. The molecule has 0 spiro atoms. The topological polar surface area (TPSA) is 94.2 Å². The number of hydrogen-bond donors (Lipinski definition) is 1. The lowest BCUT2D eigenvalue weighted by Crippen LogP contribution is -2.23. The monoisotopic (exact) mass is 540 g/mol. The third-order valence-electron chi connectivity index (χ3n) is 6.78. The Morgan fingerprint density at radius 1 is 1.00 bits per heavy atom. The molecular weight excluding hydrogens is 504 g/mol. The van der Waals surface area contributed by atoms with Gasteiger partial charge in [0.25, 0.3) is 0 Å². The van der Waals surface area contributed by atoms with Crippen LogP contribution in [-0.4, -0.2) is 21.8 Å². The molecule has 1 heterocycles. The summed E-state index contributed by atoms with van der Waals surface area (Å²) < 4.78 is 12.0. The van der Waals surface area contributed by atoms with Crippen LogP contribution in [0.2, 0.25) is 0 Å². The zero-order valence-corrected chi connectivity index (χ0v) is 23.5. The summed E-state index contributed by atoms with van der Waals surface area (Å²) in [7, 11) is 0. The van der Waals surface area contributed by atoms with Gasteiger partial charge < -0.3 is 19.1 Å². The highest BCUT2D eigenvalue weighted by molar-refractivity contribution is 6.00. The molecule has 1 N–H and O–H groups in total. The van der Waals surface area contributed by atoms with Crippen LogP contribution >= 0.6 is 0 Å². The number of oxime groups is 1. The first kappa shape index (κ1) is 28.6. The van der Waals surface area contributed by atoms with E-state index in [-0.39, 0.29) is 6.10 Å². The zero-order chi connectivity index (χ0) is 28.5. The first-order valence-electron chi connectivity index (χ1n) is 13.5. The number of nitrogens with zero attached hydrogens (tertiary/aromatic N) is 2. The molecule has 0 amide bonds. The highest BCUT2D eigenvalue weighted by Gasteiger charge is 2.26. The van der Waals surface area contributed by atoms with E-state index in [1.54, 1.807) is 13.8 Å². The van der Waals surface area contributed by atoms with E-state index in [0.29, 0.717) is 31.8 Å². The van der Waals surface area contributed by atoms with Crippen molar-refractivity contribution in [3.8, 4) is 17.2 Å². The van der Waals surface area contributed by atoms with Gasteiger partial charge in [-0.15, -0.1) is 0 Å². The highest BCUT2D eigenvalue weighted by atomic mass is 16.6. The van der Waals surface area contributed by atoms with Crippen LogP contribution in [0.3, 0.4) is 0 Å². The predicted molar refractivity (Wildman–Crippen MR) is 155 cm³/mol. The number of hydrogen-bond acceptors (Lipinski definition) is 6. The van der Waals surface area contributed by atoms with Crippen molar-refractivity contribution < 1.29 is 23.9 Å². The smallest absolute Gasteiger partial charge is 0.309 e. The minimum atomic E-state index is -0.795. The minimum absolute atomic E-state index is 0.285. The first-order chi connectivity index (χ1) is 19.2. The van der Waals surface area contributed by atoms with Gasteiger partial charge in [-0.2, -0.15) is 0 Å². The lowest BCUT2D eigenvalue weighted by atomic mass is 9.86. The number of carbonyl (C=O) groups is 1. The number of aryl methyl sites for hydroxylation is 1. The van der Waals surface area contributed by atoms with Crippen molar-refractivity contribution in [1.82, 2.24) is 4.98 Å².